The second-order valence-electron chi connectivity index (χ2n) is 2.87. The molecule has 0 saturated heterocycles. The van der Waals surface area contributed by atoms with Gasteiger partial charge in [-0.2, -0.15) is 0 Å². The minimum atomic E-state index is 0. The molecule has 2 rings (SSSR count). The average Bonchev–Trinajstić information content (AvgIpc) is 2.04. The predicted octanol–water partition coefficient (Wildman–Crippen LogP) is 2.41. The highest BCUT2D eigenvalue weighted by molar-refractivity contribution is 5.80. The Morgan fingerprint density at radius 2 is 1.69 bits per heavy atom. The zero-order valence-electron chi connectivity index (χ0n) is 7.91. The Kier molecular flexibility index (Phi) is 2.58. The van der Waals surface area contributed by atoms with E-state index in [0.29, 0.717) is 0 Å². The molecule has 0 bridgehead atoms. The van der Waals surface area contributed by atoms with Crippen LogP contribution < -0.4 is 6.15 Å². The first kappa shape index (κ1) is 9.61. The lowest BCUT2D eigenvalue weighted by molar-refractivity contribution is 1.05. The maximum Gasteiger partial charge on any atom is 0.126 e. The molecule has 3 N–H and O–H groups in total. The van der Waals surface area contributed by atoms with Crippen molar-refractivity contribution < 1.29 is 0 Å². The standard InChI is InChI=1S/C10H10N2.H3N/c1-7-9-5-3-4-6-10(9)12-8(2)11-7;/h3-6H,1-2H3;1H3. The Morgan fingerprint density at radius 1 is 1.00 bits per heavy atom. The maximum atomic E-state index is 4.33. The molecule has 2 aromatic rings. The van der Waals surface area contributed by atoms with E-state index in [1.807, 2.05) is 38.1 Å². The lowest BCUT2D eigenvalue weighted by atomic mass is 10.2. The Labute approximate surface area is 77.4 Å². The summed E-state index contributed by atoms with van der Waals surface area (Å²) in [5.74, 6) is 0.839. The number of fused-ring (bicyclic) bond motifs is 1. The van der Waals surface area contributed by atoms with E-state index in [4.69, 9.17) is 0 Å². The smallest absolute Gasteiger partial charge is 0.126 e. The zero-order chi connectivity index (χ0) is 8.55. The topological polar surface area (TPSA) is 60.8 Å². The summed E-state index contributed by atoms with van der Waals surface area (Å²) in [7, 11) is 0. The maximum absolute atomic E-state index is 4.33. The molecule has 0 aliphatic rings. The summed E-state index contributed by atoms with van der Waals surface area (Å²) in [5.41, 5.74) is 2.08. The largest absolute Gasteiger partial charge is 0.344 e. The van der Waals surface area contributed by atoms with Crippen LogP contribution in [-0.2, 0) is 0 Å². The number of aromatic nitrogens is 2. The van der Waals surface area contributed by atoms with Crippen LogP contribution in [0.5, 0.6) is 0 Å². The van der Waals surface area contributed by atoms with Gasteiger partial charge < -0.3 is 6.15 Å². The SMILES string of the molecule is Cc1nc(C)c2ccccc2n1.N. The molecule has 0 atom stereocenters. The fraction of sp³-hybridized carbons (Fsp3) is 0.200. The van der Waals surface area contributed by atoms with Gasteiger partial charge in [-0.25, -0.2) is 9.97 Å². The van der Waals surface area contributed by atoms with E-state index < -0.39 is 0 Å². The highest BCUT2D eigenvalue weighted by atomic mass is 14.9. The number of rotatable bonds is 0. The lowest BCUT2D eigenvalue weighted by Crippen LogP contribution is -1.92. The molecule has 0 radical (unpaired) electrons. The van der Waals surface area contributed by atoms with Crippen molar-refractivity contribution in [3.8, 4) is 0 Å². The summed E-state index contributed by atoms with van der Waals surface area (Å²) >= 11 is 0. The molecule has 13 heavy (non-hydrogen) atoms. The molecule has 0 spiro atoms. The van der Waals surface area contributed by atoms with Gasteiger partial charge >= 0.3 is 0 Å². The number of para-hydroxylation sites is 1. The quantitative estimate of drug-likeness (QED) is 0.668. The first-order valence-corrected chi connectivity index (χ1v) is 3.97. The molecule has 3 heteroatoms. The van der Waals surface area contributed by atoms with Crippen LogP contribution in [0.15, 0.2) is 24.3 Å². The number of nitrogens with zero attached hydrogens (tertiary/aromatic N) is 2. The third-order valence-corrected chi connectivity index (χ3v) is 1.91. The molecule has 1 aromatic carbocycles. The van der Waals surface area contributed by atoms with Gasteiger partial charge in [0.1, 0.15) is 5.82 Å². The molecule has 1 heterocycles. The molecule has 0 aliphatic heterocycles. The van der Waals surface area contributed by atoms with Gasteiger partial charge in [0.05, 0.1) is 5.52 Å². The molecule has 0 saturated carbocycles. The van der Waals surface area contributed by atoms with Gasteiger partial charge in [0.2, 0.25) is 0 Å². The van der Waals surface area contributed by atoms with Crippen molar-refractivity contribution >= 4 is 10.9 Å². The van der Waals surface area contributed by atoms with Crippen molar-refractivity contribution in [1.29, 1.82) is 0 Å². The van der Waals surface area contributed by atoms with E-state index >= 15 is 0 Å². The Bertz CT molecular complexity index is 423. The Balaban J connectivity index is 0.000000845. The van der Waals surface area contributed by atoms with Gasteiger partial charge in [0.25, 0.3) is 0 Å². The second-order valence-corrected chi connectivity index (χ2v) is 2.87. The highest BCUT2D eigenvalue weighted by Crippen LogP contribution is 2.13. The third-order valence-electron chi connectivity index (χ3n) is 1.91. The summed E-state index contributed by atoms with van der Waals surface area (Å²) < 4.78 is 0. The normalized spacial score (nSPS) is 9.69. The average molecular weight is 175 g/mol. The van der Waals surface area contributed by atoms with Crippen LogP contribution in [0.4, 0.5) is 0 Å². The molecule has 0 aliphatic carbocycles. The number of hydrogen-bond donors (Lipinski definition) is 1. The Morgan fingerprint density at radius 3 is 2.46 bits per heavy atom. The summed E-state index contributed by atoms with van der Waals surface area (Å²) in [5, 5.41) is 1.14. The molecule has 1 aromatic heterocycles. The van der Waals surface area contributed by atoms with Gasteiger partial charge in [0, 0.05) is 11.1 Å². The van der Waals surface area contributed by atoms with Gasteiger partial charge in [-0.05, 0) is 19.9 Å². The van der Waals surface area contributed by atoms with Crippen LogP contribution in [0.2, 0.25) is 0 Å². The molecular formula is C10H13N3. The summed E-state index contributed by atoms with van der Waals surface area (Å²) in [4.78, 5) is 8.62. The van der Waals surface area contributed by atoms with Crippen LogP contribution >= 0.6 is 0 Å². The van der Waals surface area contributed by atoms with E-state index in [-0.39, 0.29) is 6.15 Å². The summed E-state index contributed by atoms with van der Waals surface area (Å²) in [6.45, 7) is 3.93. The molecular weight excluding hydrogens is 162 g/mol. The predicted molar refractivity (Wildman–Crippen MR) is 54.0 cm³/mol. The second kappa shape index (κ2) is 3.49. The van der Waals surface area contributed by atoms with E-state index in [9.17, 15) is 0 Å². The van der Waals surface area contributed by atoms with E-state index in [1.54, 1.807) is 0 Å². The van der Waals surface area contributed by atoms with Crippen LogP contribution in [0.1, 0.15) is 11.5 Å². The van der Waals surface area contributed by atoms with Crippen molar-refractivity contribution in [3.05, 3.63) is 35.8 Å². The van der Waals surface area contributed by atoms with Crippen molar-refractivity contribution in [1.82, 2.24) is 16.1 Å². The van der Waals surface area contributed by atoms with Crippen molar-refractivity contribution in [2.45, 2.75) is 13.8 Å². The van der Waals surface area contributed by atoms with Crippen LogP contribution in [-0.4, -0.2) is 9.97 Å². The fourth-order valence-electron chi connectivity index (χ4n) is 1.38. The summed E-state index contributed by atoms with van der Waals surface area (Å²) in [6, 6.07) is 8.06. The number of benzene rings is 1. The molecule has 0 fully saturated rings. The third kappa shape index (κ3) is 1.65. The number of hydrogen-bond acceptors (Lipinski definition) is 3. The lowest BCUT2D eigenvalue weighted by Gasteiger charge is -2.00. The zero-order valence-corrected chi connectivity index (χ0v) is 7.91. The first-order chi connectivity index (χ1) is 5.77. The first-order valence-electron chi connectivity index (χ1n) is 3.97. The van der Waals surface area contributed by atoms with E-state index in [0.717, 1.165) is 22.4 Å². The highest BCUT2D eigenvalue weighted by Gasteiger charge is 1.98. The van der Waals surface area contributed by atoms with Crippen LogP contribution in [0.3, 0.4) is 0 Å². The number of aryl methyl sites for hydroxylation is 2. The fourth-order valence-corrected chi connectivity index (χ4v) is 1.38. The molecule has 3 nitrogen and oxygen atoms in total. The molecule has 0 amide bonds. The van der Waals surface area contributed by atoms with Gasteiger partial charge in [-0.15, -0.1) is 0 Å². The van der Waals surface area contributed by atoms with Gasteiger partial charge in [-0.3, -0.25) is 0 Å². The van der Waals surface area contributed by atoms with Crippen LogP contribution in [0.25, 0.3) is 10.9 Å². The van der Waals surface area contributed by atoms with Gasteiger partial charge in [0.15, 0.2) is 0 Å². The van der Waals surface area contributed by atoms with E-state index in [1.165, 1.54) is 0 Å². The van der Waals surface area contributed by atoms with Crippen molar-refractivity contribution in [3.63, 3.8) is 0 Å². The van der Waals surface area contributed by atoms with Gasteiger partial charge in [-0.1, -0.05) is 18.2 Å². The van der Waals surface area contributed by atoms with Crippen LogP contribution in [0, 0.1) is 13.8 Å². The Hall–Kier alpha value is -1.48. The van der Waals surface area contributed by atoms with E-state index in [2.05, 4.69) is 9.97 Å². The van der Waals surface area contributed by atoms with Crippen molar-refractivity contribution in [2.75, 3.05) is 0 Å². The minimum absolute atomic E-state index is 0. The molecule has 0 unspecified atom stereocenters. The molecule has 68 valence electrons. The monoisotopic (exact) mass is 175 g/mol. The minimum Gasteiger partial charge on any atom is -0.344 e. The summed E-state index contributed by atoms with van der Waals surface area (Å²) in [6.07, 6.45) is 0. The van der Waals surface area contributed by atoms with Crippen molar-refractivity contribution in [2.24, 2.45) is 0 Å².